The van der Waals surface area contributed by atoms with E-state index in [0.29, 0.717) is 11.8 Å². The summed E-state index contributed by atoms with van der Waals surface area (Å²) in [6.07, 6.45) is 3.94. The monoisotopic (exact) mass is 430 g/mol. The molecule has 2 aliphatic carbocycles. The summed E-state index contributed by atoms with van der Waals surface area (Å²) in [5.41, 5.74) is 5.27. The minimum absolute atomic E-state index is 0. The number of fused-ring (bicyclic) bond motifs is 6. The predicted octanol–water partition coefficient (Wildman–Crippen LogP) is 5.10. The van der Waals surface area contributed by atoms with E-state index in [-0.39, 0.29) is 47.3 Å². The van der Waals surface area contributed by atoms with Crippen LogP contribution >= 0.6 is 0 Å². The van der Waals surface area contributed by atoms with Crippen molar-refractivity contribution in [1.29, 1.82) is 0 Å². The van der Waals surface area contributed by atoms with Crippen molar-refractivity contribution in [3.05, 3.63) is 124 Å². The Morgan fingerprint density at radius 3 is 2.22 bits per heavy atom. The first-order valence-electron chi connectivity index (χ1n) is 10.8. The van der Waals surface area contributed by atoms with Gasteiger partial charge < -0.3 is 14.8 Å². The van der Waals surface area contributed by atoms with E-state index in [0.717, 1.165) is 12.8 Å². The quantitative estimate of drug-likeness (QED) is 0.398. The van der Waals surface area contributed by atoms with E-state index >= 15 is 0 Å². The number of rotatable bonds is 1. The molecule has 4 nitrogen and oxygen atoms in total. The van der Waals surface area contributed by atoms with Crippen LogP contribution in [0.1, 0.15) is 34.3 Å². The molecule has 32 heavy (non-hydrogen) atoms. The fourth-order valence-electron chi connectivity index (χ4n) is 4.83. The Balaban J connectivity index is 0.000000271. The minimum Gasteiger partial charge on any atom is -0.645 e. The third kappa shape index (κ3) is 3.91. The zero-order valence-electron chi connectivity index (χ0n) is 17.7. The van der Waals surface area contributed by atoms with E-state index in [1.165, 1.54) is 22.3 Å². The molecule has 7 rings (SSSR count). The van der Waals surface area contributed by atoms with Crippen LogP contribution in [0.3, 0.4) is 0 Å². The molecule has 0 saturated carbocycles. The summed E-state index contributed by atoms with van der Waals surface area (Å²) in [4.78, 5) is 4.77. The normalized spacial score (nSPS) is 26.6. The second kappa shape index (κ2) is 9.00. The van der Waals surface area contributed by atoms with Gasteiger partial charge in [-0.15, -0.1) is 0 Å². The molecule has 0 bridgehead atoms. The Labute approximate surface area is 204 Å². The largest absolute Gasteiger partial charge is 2.00 e. The second-order valence-corrected chi connectivity index (χ2v) is 8.16. The van der Waals surface area contributed by atoms with Gasteiger partial charge in [-0.2, -0.15) is 36.4 Å². The Bertz CT molecular complexity index is 1130. The number of ether oxygens (including phenoxy) is 2. The molecule has 1 saturated heterocycles. The molecule has 0 unspecified atom stereocenters. The Morgan fingerprint density at radius 2 is 1.50 bits per heavy atom. The Morgan fingerprint density at radius 1 is 0.812 bits per heavy atom. The number of hydrogen-bond acceptors (Lipinski definition) is 3. The van der Waals surface area contributed by atoms with Gasteiger partial charge in [0.25, 0.3) is 0 Å². The van der Waals surface area contributed by atoms with Crippen LogP contribution in [0.5, 0.6) is 0 Å². The summed E-state index contributed by atoms with van der Waals surface area (Å²) in [5, 5.41) is 4.77. The maximum Gasteiger partial charge on any atom is 2.00 e. The zero-order chi connectivity index (χ0) is 20.6. The van der Waals surface area contributed by atoms with Gasteiger partial charge in [-0.25, -0.2) is 4.99 Å². The maximum absolute atomic E-state index is 6.05. The van der Waals surface area contributed by atoms with Crippen molar-refractivity contribution in [3.8, 4) is 0 Å². The fraction of sp³-hybridized carbons (Fsp3) is 0.222. The van der Waals surface area contributed by atoms with Crippen LogP contribution in [0.4, 0.5) is 0 Å². The van der Waals surface area contributed by atoms with Crippen molar-refractivity contribution < 1.29 is 9.47 Å². The van der Waals surface area contributed by atoms with Crippen molar-refractivity contribution >= 4 is 29.0 Å². The van der Waals surface area contributed by atoms with Crippen molar-refractivity contribution in [3.63, 3.8) is 0 Å². The standard InChI is InChI=1S/C21H17N2O2.C6H5.Mg/c1-3-7-14-12(5-1)9-16-20(14)22-18(24-16)11-19-23-21-15-8-4-2-6-13(15)10-17(21)25-19;1-2-4-6-5-3-1;/h1-8,11,16-17,20-21H,9-10H2;1-5H;/q2*-1;+2/b18-11-;;/t16-,17-,20+,21+;;/m1../s1. The molecule has 4 aliphatic rings. The molecule has 0 radical (unpaired) electrons. The number of aliphatic imine (C=N–C) groups is 1. The summed E-state index contributed by atoms with van der Waals surface area (Å²) in [6, 6.07) is 29.7. The Kier molecular flexibility index (Phi) is 5.94. The Hall–Kier alpha value is -2.76. The van der Waals surface area contributed by atoms with Crippen molar-refractivity contribution in [1.82, 2.24) is 0 Å². The second-order valence-electron chi connectivity index (χ2n) is 8.16. The van der Waals surface area contributed by atoms with E-state index < -0.39 is 0 Å². The van der Waals surface area contributed by atoms with Crippen LogP contribution in [0.15, 0.2) is 95.8 Å². The molecular weight excluding hydrogens is 409 g/mol. The topological polar surface area (TPSA) is 44.9 Å². The molecule has 154 valence electrons. The van der Waals surface area contributed by atoms with Gasteiger partial charge in [0, 0.05) is 24.8 Å². The molecule has 2 aliphatic heterocycles. The maximum atomic E-state index is 6.05. The first-order chi connectivity index (χ1) is 15.3. The van der Waals surface area contributed by atoms with E-state index in [1.807, 2.05) is 36.4 Å². The average molecular weight is 431 g/mol. The number of benzene rings is 3. The summed E-state index contributed by atoms with van der Waals surface area (Å²) >= 11 is 0. The van der Waals surface area contributed by atoms with Gasteiger partial charge in [-0.1, -0.05) is 60.1 Å². The van der Waals surface area contributed by atoms with E-state index in [9.17, 15) is 0 Å². The molecule has 4 atom stereocenters. The molecule has 1 fully saturated rings. The summed E-state index contributed by atoms with van der Waals surface area (Å²) in [7, 11) is 0. The van der Waals surface area contributed by atoms with Crippen LogP contribution in [0.25, 0.3) is 5.32 Å². The summed E-state index contributed by atoms with van der Waals surface area (Å²) in [5.74, 6) is 1.30. The van der Waals surface area contributed by atoms with Crippen LogP contribution in [-0.2, 0) is 22.3 Å². The first-order valence-corrected chi connectivity index (χ1v) is 10.8. The first kappa shape index (κ1) is 21.1. The molecule has 3 aromatic rings. The van der Waals surface area contributed by atoms with E-state index in [2.05, 4.69) is 54.6 Å². The van der Waals surface area contributed by atoms with Gasteiger partial charge in [0.15, 0.2) is 0 Å². The van der Waals surface area contributed by atoms with Gasteiger partial charge in [-0.05, 0) is 16.7 Å². The zero-order valence-corrected chi connectivity index (χ0v) is 19.1. The molecular formula is C27H22MgN2O2. The van der Waals surface area contributed by atoms with Gasteiger partial charge in [-0.3, -0.25) is 0 Å². The predicted molar refractivity (Wildman–Crippen MR) is 125 cm³/mol. The third-order valence-electron chi connectivity index (χ3n) is 6.22. The third-order valence-corrected chi connectivity index (χ3v) is 6.22. The van der Waals surface area contributed by atoms with Crippen molar-refractivity contribution in [2.75, 3.05) is 0 Å². The van der Waals surface area contributed by atoms with Crippen molar-refractivity contribution in [2.45, 2.75) is 37.1 Å². The molecule has 0 amide bonds. The van der Waals surface area contributed by atoms with Crippen LogP contribution in [0.2, 0.25) is 0 Å². The summed E-state index contributed by atoms with van der Waals surface area (Å²) < 4.78 is 12.1. The molecule has 3 aromatic carbocycles. The van der Waals surface area contributed by atoms with E-state index in [1.54, 1.807) is 0 Å². The van der Waals surface area contributed by atoms with Gasteiger partial charge in [0.05, 0.1) is 6.10 Å². The fourth-order valence-corrected chi connectivity index (χ4v) is 4.83. The molecule has 0 N–H and O–H groups in total. The van der Waals surface area contributed by atoms with Crippen molar-refractivity contribution in [2.24, 2.45) is 4.99 Å². The van der Waals surface area contributed by atoms with Crippen LogP contribution in [0, 0.1) is 6.07 Å². The smallest absolute Gasteiger partial charge is 0.645 e. The van der Waals surface area contributed by atoms with Crippen LogP contribution < -0.4 is 0 Å². The number of nitrogens with zero attached hydrogens (tertiary/aromatic N) is 2. The average Bonchev–Trinajstić information content (AvgIpc) is 3.54. The SMILES string of the molecule is C(/C1=N[C@H]2c3ccccc3C[C@H]2O1)=C1\[N-][C@H]2c3ccccc3C[C@H]2O1.[Mg+2].[c-]1ccccc1. The molecule has 2 heterocycles. The molecule has 0 aromatic heterocycles. The number of hydrogen-bond donors (Lipinski definition) is 0. The summed E-state index contributed by atoms with van der Waals surface area (Å²) in [6.45, 7) is 0. The molecule has 0 spiro atoms. The van der Waals surface area contributed by atoms with Crippen LogP contribution in [-0.4, -0.2) is 41.2 Å². The molecule has 5 heteroatoms. The minimum atomic E-state index is 0. The van der Waals surface area contributed by atoms with Gasteiger partial charge >= 0.3 is 23.1 Å². The van der Waals surface area contributed by atoms with Gasteiger partial charge in [0.1, 0.15) is 12.1 Å². The van der Waals surface area contributed by atoms with Gasteiger partial charge in [0.2, 0.25) is 5.90 Å². The van der Waals surface area contributed by atoms with E-state index in [4.69, 9.17) is 19.8 Å².